The van der Waals surface area contributed by atoms with Gasteiger partial charge in [0.1, 0.15) is 5.75 Å². The molecule has 2 rings (SSSR count). The number of nitrogens with zero attached hydrogens (tertiary/aromatic N) is 1. The molecule has 1 aromatic heterocycles. The number of nitrogens with one attached hydrogen (secondary N) is 1. The van der Waals surface area contributed by atoms with Crippen LogP contribution in [0.3, 0.4) is 0 Å². The Morgan fingerprint density at radius 3 is 2.95 bits per heavy atom. The fourth-order valence-electron chi connectivity index (χ4n) is 1.95. The number of hydrogen-bond acceptors (Lipinski definition) is 4. The van der Waals surface area contributed by atoms with Gasteiger partial charge in [-0.05, 0) is 43.0 Å². The minimum Gasteiger partial charge on any atom is -0.508 e. The highest BCUT2D eigenvalue weighted by Gasteiger charge is 2.10. The van der Waals surface area contributed by atoms with E-state index in [0.717, 1.165) is 18.5 Å². The molecule has 0 aliphatic heterocycles. The van der Waals surface area contributed by atoms with Crippen molar-refractivity contribution in [3.05, 3.63) is 51.7 Å². The summed E-state index contributed by atoms with van der Waals surface area (Å²) in [5.74, 6) is 0.232. The molecule has 0 spiro atoms. The zero-order valence-corrected chi connectivity index (χ0v) is 11.6. The van der Waals surface area contributed by atoms with Crippen LogP contribution in [0.15, 0.2) is 35.7 Å². The van der Waals surface area contributed by atoms with Crippen molar-refractivity contribution in [2.75, 3.05) is 6.54 Å². The van der Waals surface area contributed by atoms with Crippen molar-refractivity contribution in [3.63, 3.8) is 0 Å². The average molecular weight is 272 g/mol. The molecule has 0 amide bonds. The Morgan fingerprint density at radius 2 is 2.26 bits per heavy atom. The number of rotatable bonds is 5. The third-order valence-electron chi connectivity index (χ3n) is 3.03. The van der Waals surface area contributed by atoms with Gasteiger partial charge < -0.3 is 10.4 Å². The lowest BCUT2D eigenvalue weighted by molar-refractivity contribution is 0.453. The highest BCUT2D eigenvalue weighted by Crippen LogP contribution is 2.24. The second-order valence-electron chi connectivity index (χ2n) is 4.39. The van der Waals surface area contributed by atoms with Crippen LogP contribution in [0.4, 0.5) is 0 Å². The van der Waals surface area contributed by atoms with Gasteiger partial charge in [0, 0.05) is 23.0 Å². The number of aromatic hydroxyl groups is 1. The third kappa shape index (κ3) is 3.57. The molecule has 0 saturated heterocycles. The number of thiophene rings is 1. The summed E-state index contributed by atoms with van der Waals surface area (Å²) in [6.07, 6.45) is 0.973. The third-order valence-corrected chi connectivity index (χ3v) is 3.96. The maximum atomic E-state index is 9.84. The number of phenols is 1. The molecular weight excluding hydrogens is 256 g/mol. The summed E-state index contributed by atoms with van der Waals surface area (Å²) in [7, 11) is 0. The minimum atomic E-state index is 0.0215. The standard InChI is InChI=1S/C15H16N2OS/c1-11(17-7-6-13-3-2-8-19-13)14-9-12(10-16)4-5-15(14)18/h2-5,8-9,11,17-18H,6-7H2,1H3/t11-/m1/s1. The molecule has 0 fully saturated rings. The van der Waals surface area contributed by atoms with E-state index in [9.17, 15) is 5.11 Å². The van der Waals surface area contributed by atoms with Crippen LogP contribution in [0.5, 0.6) is 5.75 Å². The zero-order valence-electron chi connectivity index (χ0n) is 10.8. The summed E-state index contributed by atoms with van der Waals surface area (Å²) in [6.45, 7) is 2.84. The molecule has 0 unspecified atom stereocenters. The highest BCUT2D eigenvalue weighted by molar-refractivity contribution is 7.09. The maximum Gasteiger partial charge on any atom is 0.120 e. The first-order valence-corrected chi connectivity index (χ1v) is 7.07. The fraction of sp³-hybridized carbons (Fsp3) is 0.267. The molecule has 98 valence electrons. The van der Waals surface area contributed by atoms with Crippen molar-refractivity contribution in [1.29, 1.82) is 5.26 Å². The van der Waals surface area contributed by atoms with Crippen LogP contribution in [-0.2, 0) is 6.42 Å². The van der Waals surface area contributed by atoms with Gasteiger partial charge in [0.25, 0.3) is 0 Å². The first-order chi connectivity index (χ1) is 9.20. The molecule has 1 aromatic carbocycles. The van der Waals surface area contributed by atoms with Gasteiger partial charge in [0.05, 0.1) is 11.6 Å². The lowest BCUT2D eigenvalue weighted by Crippen LogP contribution is -2.21. The van der Waals surface area contributed by atoms with Crippen molar-refractivity contribution >= 4 is 11.3 Å². The molecule has 0 radical (unpaired) electrons. The van der Waals surface area contributed by atoms with E-state index in [1.54, 1.807) is 29.5 Å². The molecule has 3 nitrogen and oxygen atoms in total. The van der Waals surface area contributed by atoms with Crippen LogP contribution in [0.25, 0.3) is 0 Å². The Labute approximate surface area is 117 Å². The van der Waals surface area contributed by atoms with Crippen molar-refractivity contribution in [3.8, 4) is 11.8 Å². The quantitative estimate of drug-likeness (QED) is 0.878. The SMILES string of the molecule is C[C@@H](NCCc1cccs1)c1cc(C#N)ccc1O. The summed E-state index contributed by atoms with van der Waals surface area (Å²) in [4.78, 5) is 1.34. The predicted octanol–water partition coefficient (Wildman–Crippen LogP) is 3.22. The van der Waals surface area contributed by atoms with E-state index in [0.29, 0.717) is 5.56 Å². The molecule has 0 aliphatic carbocycles. The summed E-state index contributed by atoms with van der Waals surface area (Å²) >= 11 is 1.75. The lowest BCUT2D eigenvalue weighted by atomic mass is 10.0. The predicted molar refractivity (Wildman–Crippen MR) is 77.3 cm³/mol. The second-order valence-corrected chi connectivity index (χ2v) is 5.42. The van der Waals surface area contributed by atoms with E-state index < -0.39 is 0 Å². The van der Waals surface area contributed by atoms with Crippen molar-refractivity contribution in [2.24, 2.45) is 0 Å². The van der Waals surface area contributed by atoms with Gasteiger partial charge >= 0.3 is 0 Å². The smallest absolute Gasteiger partial charge is 0.120 e. The molecule has 0 aliphatic rings. The molecule has 0 bridgehead atoms. The molecule has 2 N–H and O–H groups in total. The first kappa shape index (κ1) is 13.6. The normalized spacial score (nSPS) is 12.0. The van der Waals surface area contributed by atoms with Gasteiger partial charge in [0.15, 0.2) is 0 Å². The molecule has 1 atom stereocenters. The van der Waals surface area contributed by atoms with Crippen molar-refractivity contribution < 1.29 is 5.11 Å². The molecule has 1 heterocycles. The van der Waals surface area contributed by atoms with Crippen LogP contribution in [-0.4, -0.2) is 11.7 Å². The lowest BCUT2D eigenvalue weighted by Gasteiger charge is -2.15. The Balaban J connectivity index is 1.96. The Bertz CT molecular complexity index is 572. The Hall–Kier alpha value is -1.83. The highest BCUT2D eigenvalue weighted by atomic mass is 32.1. The van der Waals surface area contributed by atoms with E-state index in [2.05, 4.69) is 22.8 Å². The van der Waals surface area contributed by atoms with Gasteiger partial charge in [-0.15, -0.1) is 11.3 Å². The van der Waals surface area contributed by atoms with Gasteiger partial charge in [0.2, 0.25) is 0 Å². The van der Waals surface area contributed by atoms with Gasteiger partial charge in [-0.25, -0.2) is 0 Å². The van der Waals surface area contributed by atoms with E-state index in [-0.39, 0.29) is 11.8 Å². The van der Waals surface area contributed by atoms with Crippen LogP contribution in [0.1, 0.15) is 29.0 Å². The Kier molecular flexibility index (Phi) is 4.56. The van der Waals surface area contributed by atoms with E-state index in [4.69, 9.17) is 5.26 Å². The fourth-order valence-corrected chi connectivity index (χ4v) is 2.66. The van der Waals surface area contributed by atoms with E-state index >= 15 is 0 Å². The molecule has 0 saturated carbocycles. The molecular formula is C15H16N2OS. The monoisotopic (exact) mass is 272 g/mol. The molecule has 4 heteroatoms. The number of nitriles is 1. The summed E-state index contributed by atoms with van der Waals surface area (Å²) in [5.41, 5.74) is 1.34. The zero-order chi connectivity index (χ0) is 13.7. The Morgan fingerprint density at radius 1 is 1.42 bits per heavy atom. The maximum absolute atomic E-state index is 9.84. The van der Waals surface area contributed by atoms with E-state index in [1.807, 2.05) is 13.0 Å². The van der Waals surface area contributed by atoms with Crippen LogP contribution in [0, 0.1) is 11.3 Å². The second kappa shape index (κ2) is 6.37. The molecule has 2 aromatic rings. The summed E-state index contributed by atoms with van der Waals surface area (Å²) < 4.78 is 0. The summed E-state index contributed by atoms with van der Waals surface area (Å²) in [5, 5.41) is 24.2. The number of benzene rings is 1. The largest absolute Gasteiger partial charge is 0.508 e. The van der Waals surface area contributed by atoms with E-state index in [1.165, 1.54) is 4.88 Å². The minimum absolute atomic E-state index is 0.0215. The first-order valence-electron chi connectivity index (χ1n) is 6.19. The van der Waals surface area contributed by atoms with Crippen LogP contribution in [0.2, 0.25) is 0 Å². The van der Waals surface area contributed by atoms with Crippen LogP contribution >= 0.6 is 11.3 Å². The van der Waals surface area contributed by atoms with Crippen LogP contribution < -0.4 is 5.32 Å². The van der Waals surface area contributed by atoms with Crippen molar-refractivity contribution in [1.82, 2.24) is 5.32 Å². The number of phenolic OH excluding ortho intramolecular Hbond substituents is 1. The molecule has 19 heavy (non-hydrogen) atoms. The topological polar surface area (TPSA) is 56.0 Å². The number of hydrogen-bond donors (Lipinski definition) is 2. The van der Waals surface area contributed by atoms with Gasteiger partial charge in [-0.2, -0.15) is 5.26 Å². The summed E-state index contributed by atoms with van der Waals surface area (Å²) in [6, 6.07) is 11.2. The van der Waals surface area contributed by atoms with Gasteiger partial charge in [-0.1, -0.05) is 6.07 Å². The van der Waals surface area contributed by atoms with Gasteiger partial charge in [-0.3, -0.25) is 0 Å². The van der Waals surface area contributed by atoms with Crippen molar-refractivity contribution in [2.45, 2.75) is 19.4 Å². The average Bonchev–Trinajstić information content (AvgIpc) is 2.92.